The smallest absolute Gasteiger partial charge is 0.317 e. The van der Waals surface area contributed by atoms with Gasteiger partial charge < -0.3 is 20.5 Å². The lowest BCUT2D eigenvalue weighted by atomic mass is 9.80. The van der Waals surface area contributed by atoms with Crippen LogP contribution in [0.5, 0.6) is 0 Å². The molecule has 1 spiro atoms. The van der Waals surface area contributed by atoms with Crippen LogP contribution in [0.15, 0.2) is 54.6 Å². The average molecular weight is 389 g/mol. The molecule has 0 bridgehead atoms. The Morgan fingerprint density at radius 3 is 2.83 bits per heavy atom. The maximum absolute atomic E-state index is 12.9. The third-order valence-electron chi connectivity index (χ3n) is 6.44. The molecule has 1 atom stereocenters. The number of para-hydroxylation sites is 1. The molecule has 2 amide bonds. The maximum Gasteiger partial charge on any atom is 0.317 e. The van der Waals surface area contributed by atoms with E-state index in [4.69, 9.17) is 0 Å². The van der Waals surface area contributed by atoms with Gasteiger partial charge in [0.1, 0.15) is 0 Å². The van der Waals surface area contributed by atoms with Crippen LogP contribution in [0.2, 0.25) is 0 Å². The second-order valence-corrected chi connectivity index (χ2v) is 8.28. The summed E-state index contributed by atoms with van der Waals surface area (Å²) < 4.78 is 0. The molecule has 0 aliphatic carbocycles. The van der Waals surface area contributed by atoms with Crippen molar-refractivity contribution in [2.75, 3.05) is 26.2 Å². The number of rotatable bonds is 3. The van der Waals surface area contributed by atoms with Crippen LogP contribution < -0.4 is 10.6 Å². The van der Waals surface area contributed by atoms with Crippen molar-refractivity contribution >= 4 is 16.9 Å². The van der Waals surface area contributed by atoms with Crippen molar-refractivity contribution in [3.05, 3.63) is 71.4 Å². The maximum atomic E-state index is 12.9. The highest BCUT2D eigenvalue weighted by Crippen LogP contribution is 2.39. The zero-order chi connectivity index (χ0) is 19.7. The molecule has 2 aliphatic rings. The number of urea groups is 1. The van der Waals surface area contributed by atoms with Gasteiger partial charge in [0.25, 0.3) is 0 Å². The second kappa shape index (κ2) is 7.56. The number of carbonyl (C=O) groups is 1. The summed E-state index contributed by atoms with van der Waals surface area (Å²) in [6.45, 7) is 3.15. The van der Waals surface area contributed by atoms with Crippen LogP contribution in [-0.2, 0) is 18.4 Å². The topological polar surface area (TPSA) is 60.2 Å². The molecular weight excluding hydrogens is 360 g/mol. The normalized spacial score (nSPS) is 21.3. The number of nitrogens with one attached hydrogen (secondary N) is 3. The molecule has 2 aromatic carbocycles. The van der Waals surface area contributed by atoms with Crippen molar-refractivity contribution in [2.45, 2.75) is 31.2 Å². The monoisotopic (exact) mass is 388 g/mol. The number of amides is 2. The van der Waals surface area contributed by atoms with Crippen LogP contribution >= 0.6 is 0 Å². The minimum absolute atomic E-state index is 0.0463. The molecule has 3 aromatic rings. The Morgan fingerprint density at radius 1 is 1.10 bits per heavy atom. The van der Waals surface area contributed by atoms with Gasteiger partial charge in [0.15, 0.2) is 0 Å². The number of hydrogen-bond acceptors (Lipinski definition) is 2. The number of likely N-dealkylation sites (tertiary alicyclic amines) is 1. The van der Waals surface area contributed by atoms with E-state index in [0.29, 0.717) is 13.1 Å². The quantitative estimate of drug-likeness (QED) is 0.643. The van der Waals surface area contributed by atoms with Gasteiger partial charge in [-0.05, 0) is 42.9 Å². The highest BCUT2D eigenvalue weighted by molar-refractivity contribution is 5.85. The van der Waals surface area contributed by atoms with Crippen LogP contribution in [0.4, 0.5) is 4.79 Å². The van der Waals surface area contributed by atoms with Gasteiger partial charge >= 0.3 is 6.03 Å². The molecule has 5 rings (SSSR count). The Balaban J connectivity index is 1.31. The first kappa shape index (κ1) is 18.3. The van der Waals surface area contributed by atoms with E-state index in [1.54, 1.807) is 0 Å². The van der Waals surface area contributed by atoms with Crippen molar-refractivity contribution in [1.29, 1.82) is 0 Å². The van der Waals surface area contributed by atoms with Crippen molar-refractivity contribution in [1.82, 2.24) is 20.5 Å². The Hall–Kier alpha value is -2.79. The lowest BCUT2D eigenvalue weighted by Crippen LogP contribution is -2.59. The van der Waals surface area contributed by atoms with Gasteiger partial charge in [-0.2, -0.15) is 0 Å². The standard InChI is InChI=1S/C24H28N4O/c29-23(25-14-11-18-7-2-1-3-8-18)28-16-6-13-24(17-28)22-20(12-15-26-24)19-9-4-5-10-21(19)27-22/h1-5,7-10,26-27H,6,11-17H2,(H,25,29). The van der Waals surface area contributed by atoms with Gasteiger partial charge in [0.05, 0.1) is 5.54 Å². The molecule has 0 saturated carbocycles. The molecule has 3 heterocycles. The fraction of sp³-hybridized carbons (Fsp3) is 0.375. The molecule has 1 fully saturated rings. The van der Waals surface area contributed by atoms with E-state index in [-0.39, 0.29) is 11.6 Å². The fourth-order valence-corrected chi connectivity index (χ4v) is 5.03. The van der Waals surface area contributed by atoms with E-state index in [1.165, 1.54) is 27.7 Å². The first-order chi connectivity index (χ1) is 14.3. The van der Waals surface area contributed by atoms with Gasteiger partial charge in [0.2, 0.25) is 0 Å². The molecule has 5 nitrogen and oxygen atoms in total. The summed E-state index contributed by atoms with van der Waals surface area (Å²) in [6.07, 6.45) is 3.95. The highest BCUT2D eigenvalue weighted by atomic mass is 16.2. The van der Waals surface area contributed by atoms with Gasteiger partial charge in [0, 0.05) is 42.8 Å². The van der Waals surface area contributed by atoms with Crippen LogP contribution in [0.1, 0.15) is 29.7 Å². The molecule has 29 heavy (non-hydrogen) atoms. The SMILES string of the molecule is O=C(NCCc1ccccc1)N1CCCC2(C1)NCCc1c2[nH]c2ccccc12. The lowest BCUT2D eigenvalue weighted by Gasteiger charge is -2.45. The summed E-state index contributed by atoms with van der Waals surface area (Å²) in [4.78, 5) is 18.5. The summed E-state index contributed by atoms with van der Waals surface area (Å²) in [5.74, 6) is 0. The van der Waals surface area contributed by atoms with Crippen molar-refractivity contribution in [3.8, 4) is 0 Å². The number of benzene rings is 2. The number of hydrogen-bond donors (Lipinski definition) is 3. The van der Waals surface area contributed by atoms with Crippen LogP contribution in [-0.4, -0.2) is 42.1 Å². The summed E-state index contributed by atoms with van der Waals surface area (Å²) in [7, 11) is 0. The molecule has 0 radical (unpaired) electrons. The van der Waals surface area contributed by atoms with E-state index >= 15 is 0 Å². The number of aromatic nitrogens is 1. The largest absolute Gasteiger partial charge is 0.357 e. The Morgan fingerprint density at radius 2 is 1.93 bits per heavy atom. The minimum atomic E-state index is -0.165. The van der Waals surface area contributed by atoms with E-state index in [0.717, 1.165) is 38.8 Å². The van der Waals surface area contributed by atoms with E-state index in [1.807, 2.05) is 23.1 Å². The Kier molecular flexibility index (Phi) is 4.76. The third kappa shape index (κ3) is 3.40. The van der Waals surface area contributed by atoms with E-state index < -0.39 is 0 Å². The molecule has 1 saturated heterocycles. The molecule has 5 heteroatoms. The van der Waals surface area contributed by atoms with Gasteiger partial charge in [-0.3, -0.25) is 0 Å². The van der Waals surface area contributed by atoms with E-state index in [2.05, 4.69) is 52.0 Å². The summed E-state index contributed by atoms with van der Waals surface area (Å²) in [5.41, 5.74) is 4.99. The molecule has 1 aromatic heterocycles. The van der Waals surface area contributed by atoms with Gasteiger partial charge in [-0.25, -0.2) is 4.79 Å². The molecule has 150 valence electrons. The van der Waals surface area contributed by atoms with Crippen LogP contribution in [0.3, 0.4) is 0 Å². The zero-order valence-electron chi connectivity index (χ0n) is 16.7. The Labute approximate surface area is 171 Å². The van der Waals surface area contributed by atoms with Crippen LogP contribution in [0.25, 0.3) is 10.9 Å². The summed E-state index contributed by atoms with van der Waals surface area (Å²) in [5, 5.41) is 8.21. The number of H-pyrrole nitrogens is 1. The molecule has 1 unspecified atom stereocenters. The molecule has 2 aliphatic heterocycles. The number of piperidine rings is 1. The van der Waals surface area contributed by atoms with E-state index in [9.17, 15) is 4.79 Å². The molecular formula is C24H28N4O. The number of aromatic amines is 1. The first-order valence-electron chi connectivity index (χ1n) is 10.7. The van der Waals surface area contributed by atoms with Crippen molar-refractivity contribution in [2.24, 2.45) is 0 Å². The third-order valence-corrected chi connectivity index (χ3v) is 6.44. The van der Waals surface area contributed by atoms with Gasteiger partial charge in [-0.1, -0.05) is 48.5 Å². The summed E-state index contributed by atoms with van der Waals surface area (Å²) in [6, 6.07) is 18.9. The number of carbonyl (C=O) groups excluding carboxylic acids is 1. The average Bonchev–Trinajstić information content (AvgIpc) is 3.15. The Bertz CT molecular complexity index is 1010. The van der Waals surface area contributed by atoms with Gasteiger partial charge in [-0.15, -0.1) is 0 Å². The predicted octanol–water partition coefficient (Wildman–Crippen LogP) is 3.56. The van der Waals surface area contributed by atoms with Crippen molar-refractivity contribution in [3.63, 3.8) is 0 Å². The van der Waals surface area contributed by atoms with Crippen molar-refractivity contribution < 1.29 is 4.79 Å². The highest BCUT2D eigenvalue weighted by Gasteiger charge is 2.43. The number of nitrogens with zero attached hydrogens (tertiary/aromatic N) is 1. The molecule has 3 N–H and O–H groups in total. The minimum Gasteiger partial charge on any atom is -0.357 e. The lowest BCUT2D eigenvalue weighted by molar-refractivity contribution is 0.124. The first-order valence-corrected chi connectivity index (χ1v) is 10.7. The predicted molar refractivity (Wildman–Crippen MR) is 116 cm³/mol. The number of fused-ring (bicyclic) bond motifs is 4. The second-order valence-electron chi connectivity index (χ2n) is 8.28. The fourth-order valence-electron chi connectivity index (χ4n) is 5.03. The van der Waals surface area contributed by atoms with Crippen LogP contribution in [0, 0.1) is 0 Å². The summed E-state index contributed by atoms with van der Waals surface area (Å²) >= 11 is 0. The zero-order valence-corrected chi connectivity index (χ0v) is 16.7.